The van der Waals surface area contributed by atoms with Crippen molar-refractivity contribution in [3.8, 4) is 11.5 Å². The molecule has 0 radical (unpaired) electrons. The van der Waals surface area contributed by atoms with Crippen LogP contribution in [0.15, 0.2) is 30.3 Å². The molecule has 1 amide bonds. The highest BCUT2D eigenvalue weighted by Crippen LogP contribution is 2.38. The summed E-state index contributed by atoms with van der Waals surface area (Å²) in [7, 11) is 0. The Balaban J connectivity index is 1.29. The van der Waals surface area contributed by atoms with Crippen LogP contribution in [0.4, 0.5) is 0 Å². The number of hydrogen-bond acceptors (Lipinski definition) is 4. The second-order valence-electron chi connectivity index (χ2n) is 7.14. The van der Waals surface area contributed by atoms with Crippen molar-refractivity contribution >= 4 is 23.3 Å². The summed E-state index contributed by atoms with van der Waals surface area (Å²) in [5, 5.41) is 3.30. The molecule has 0 saturated heterocycles. The first kappa shape index (κ1) is 18.8. The first-order chi connectivity index (χ1) is 13.6. The number of nitrogens with one attached hydrogen (secondary N) is 1. The largest absolute Gasteiger partial charge is 0.486 e. The van der Waals surface area contributed by atoms with Crippen molar-refractivity contribution in [1.29, 1.82) is 0 Å². The highest BCUT2D eigenvalue weighted by atomic mass is 35.5. The number of rotatable bonds is 6. The van der Waals surface area contributed by atoms with Crippen LogP contribution >= 0.6 is 11.6 Å². The summed E-state index contributed by atoms with van der Waals surface area (Å²) in [4.78, 5) is 24.6. The summed E-state index contributed by atoms with van der Waals surface area (Å²) in [6.07, 6.45) is 3.64. The molecule has 0 saturated carbocycles. The molecule has 0 aromatic heterocycles. The second-order valence-corrected chi connectivity index (χ2v) is 7.55. The summed E-state index contributed by atoms with van der Waals surface area (Å²) in [5.74, 6) is 0.977. The summed E-state index contributed by atoms with van der Waals surface area (Å²) < 4.78 is 11.0. The van der Waals surface area contributed by atoms with Crippen LogP contribution in [-0.4, -0.2) is 24.9 Å². The molecule has 0 spiro atoms. The predicted octanol–water partition coefficient (Wildman–Crippen LogP) is 3.88. The van der Waals surface area contributed by atoms with Gasteiger partial charge in [0.1, 0.15) is 13.2 Å². The van der Waals surface area contributed by atoms with Gasteiger partial charge in [-0.25, -0.2) is 0 Å². The van der Waals surface area contributed by atoms with E-state index in [1.807, 2.05) is 24.3 Å². The Morgan fingerprint density at radius 2 is 1.82 bits per heavy atom. The van der Waals surface area contributed by atoms with Crippen molar-refractivity contribution in [2.24, 2.45) is 0 Å². The lowest BCUT2D eigenvalue weighted by Crippen LogP contribution is -2.23. The van der Waals surface area contributed by atoms with Gasteiger partial charge in [0.25, 0.3) is 0 Å². The number of amides is 1. The van der Waals surface area contributed by atoms with E-state index in [2.05, 4.69) is 5.32 Å². The number of ether oxygens (including phenoxy) is 2. The average molecular weight is 400 g/mol. The van der Waals surface area contributed by atoms with Gasteiger partial charge < -0.3 is 14.8 Å². The maximum atomic E-state index is 12.4. The Hall–Kier alpha value is -2.53. The molecule has 0 bridgehead atoms. The predicted molar refractivity (Wildman–Crippen MR) is 106 cm³/mol. The molecule has 2 aliphatic rings. The molecule has 6 heteroatoms. The number of aryl methyl sites for hydroxylation is 2. The molecule has 28 heavy (non-hydrogen) atoms. The summed E-state index contributed by atoms with van der Waals surface area (Å²) in [6, 6.07) is 9.48. The minimum atomic E-state index is -0.166. The lowest BCUT2D eigenvalue weighted by Gasteiger charge is -2.20. The third-order valence-corrected chi connectivity index (χ3v) is 5.43. The normalized spacial score (nSPS) is 14.5. The van der Waals surface area contributed by atoms with Gasteiger partial charge in [-0.1, -0.05) is 23.7 Å². The molecule has 1 heterocycles. The van der Waals surface area contributed by atoms with E-state index in [9.17, 15) is 9.59 Å². The van der Waals surface area contributed by atoms with E-state index in [4.69, 9.17) is 21.1 Å². The lowest BCUT2D eigenvalue weighted by molar-refractivity contribution is -0.121. The number of carbonyl (C=O) groups excluding carboxylic acids is 2. The first-order valence-electron chi connectivity index (χ1n) is 9.60. The molecule has 5 nitrogen and oxygen atoms in total. The van der Waals surface area contributed by atoms with Crippen LogP contribution in [0.3, 0.4) is 0 Å². The third-order valence-electron chi connectivity index (χ3n) is 5.15. The molecular weight excluding hydrogens is 378 g/mol. The van der Waals surface area contributed by atoms with Gasteiger partial charge in [-0.15, -0.1) is 0 Å². The zero-order chi connectivity index (χ0) is 19.5. The maximum Gasteiger partial charge on any atom is 0.220 e. The van der Waals surface area contributed by atoms with E-state index in [1.54, 1.807) is 6.07 Å². The number of ketones is 1. The van der Waals surface area contributed by atoms with E-state index in [1.165, 1.54) is 11.1 Å². The molecule has 2 aromatic carbocycles. The van der Waals surface area contributed by atoms with Crippen LogP contribution in [0.25, 0.3) is 0 Å². The Morgan fingerprint density at radius 1 is 1.00 bits per heavy atom. The van der Waals surface area contributed by atoms with Gasteiger partial charge in [0, 0.05) is 24.9 Å². The quantitative estimate of drug-likeness (QED) is 0.749. The topological polar surface area (TPSA) is 64.6 Å². The molecule has 146 valence electrons. The number of benzene rings is 2. The highest BCUT2D eigenvalue weighted by molar-refractivity contribution is 6.32. The van der Waals surface area contributed by atoms with Crippen LogP contribution in [-0.2, 0) is 24.2 Å². The van der Waals surface area contributed by atoms with Gasteiger partial charge >= 0.3 is 0 Å². The van der Waals surface area contributed by atoms with Crippen molar-refractivity contribution in [2.45, 2.75) is 38.6 Å². The lowest BCUT2D eigenvalue weighted by atomic mass is 10.0. The number of carbonyl (C=O) groups is 2. The molecule has 2 aromatic rings. The van der Waals surface area contributed by atoms with Crippen molar-refractivity contribution in [2.75, 3.05) is 13.2 Å². The van der Waals surface area contributed by atoms with Gasteiger partial charge in [0.15, 0.2) is 17.3 Å². The van der Waals surface area contributed by atoms with E-state index < -0.39 is 0 Å². The summed E-state index contributed by atoms with van der Waals surface area (Å²) in [6.45, 7) is 1.27. The van der Waals surface area contributed by atoms with Crippen molar-refractivity contribution in [3.05, 3.63) is 57.6 Å². The third kappa shape index (κ3) is 4.14. The van der Waals surface area contributed by atoms with E-state index in [0.717, 1.165) is 24.8 Å². The summed E-state index contributed by atoms with van der Waals surface area (Å²) in [5.41, 5.74) is 4.14. The molecular formula is C22H22ClNO4. The Morgan fingerprint density at radius 3 is 2.71 bits per heavy atom. The van der Waals surface area contributed by atoms with E-state index >= 15 is 0 Å². The van der Waals surface area contributed by atoms with Gasteiger partial charge in [-0.2, -0.15) is 0 Å². The molecule has 0 atom stereocenters. The van der Waals surface area contributed by atoms with Crippen LogP contribution in [0.5, 0.6) is 11.5 Å². The Bertz CT molecular complexity index is 925. The van der Waals surface area contributed by atoms with Crippen molar-refractivity contribution in [3.63, 3.8) is 0 Å². The number of hydrogen-bond donors (Lipinski definition) is 1. The number of fused-ring (bicyclic) bond motifs is 2. The van der Waals surface area contributed by atoms with E-state index in [-0.39, 0.29) is 24.5 Å². The van der Waals surface area contributed by atoms with Crippen LogP contribution in [0, 0.1) is 0 Å². The average Bonchev–Trinajstić information content (AvgIpc) is 3.18. The van der Waals surface area contributed by atoms with Crippen LogP contribution in [0.2, 0.25) is 5.02 Å². The maximum absolute atomic E-state index is 12.4. The summed E-state index contributed by atoms with van der Waals surface area (Å²) >= 11 is 6.21. The fourth-order valence-electron chi connectivity index (χ4n) is 3.67. The zero-order valence-corrected chi connectivity index (χ0v) is 16.3. The van der Waals surface area contributed by atoms with Crippen molar-refractivity contribution < 1.29 is 19.1 Å². The molecule has 0 unspecified atom stereocenters. The van der Waals surface area contributed by atoms with Gasteiger partial charge in [-0.3, -0.25) is 9.59 Å². The molecule has 4 rings (SSSR count). The zero-order valence-electron chi connectivity index (χ0n) is 15.6. The Kier molecular flexibility index (Phi) is 5.53. The molecule has 1 aliphatic carbocycles. The monoisotopic (exact) mass is 399 g/mol. The SMILES string of the molecule is O=C(CCC(=O)c1ccc2c(c1)CCC2)NCc1cc(Cl)c2c(c1)OCCO2. The Labute approximate surface area is 169 Å². The van der Waals surface area contributed by atoms with Crippen LogP contribution < -0.4 is 14.8 Å². The van der Waals surface area contributed by atoms with Gasteiger partial charge in [0.2, 0.25) is 5.91 Å². The smallest absolute Gasteiger partial charge is 0.220 e. The molecule has 1 N–H and O–H groups in total. The highest BCUT2D eigenvalue weighted by Gasteiger charge is 2.18. The molecule has 1 aliphatic heterocycles. The van der Waals surface area contributed by atoms with Crippen LogP contribution in [0.1, 0.15) is 46.3 Å². The van der Waals surface area contributed by atoms with Crippen molar-refractivity contribution in [1.82, 2.24) is 5.32 Å². The minimum Gasteiger partial charge on any atom is -0.486 e. The minimum absolute atomic E-state index is 0.00669. The number of Topliss-reactive ketones (excluding diaryl/α,β-unsaturated/α-hetero) is 1. The standard InChI is InChI=1S/C22H22ClNO4/c23-18-10-14(11-20-22(18)28-9-8-27-20)13-24-21(26)7-6-19(25)17-5-4-15-2-1-3-16(15)12-17/h4-5,10-12H,1-3,6-9,13H2,(H,24,26). The fraction of sp³-hybridized carbons (Fsp3) is 0.364. The van der Waals surface area contributed by atoms with Gasteiger partial charge in [0.05, 0.1) is 5.02 Å². The molecule has 0 fully saturated rings. The fourth-order valence-corrected chi connectivity index (χ4v) is 3.96. The first-order valence-corrected chi connectivity index (χ1v) is 9.97. The van der Waals surface area contributed by atoms with Gasteiger partial charge in [-0.05, 0) is 54.2 Å². The number of halogens is 1. The second kappa shape index (κ2) is 8.23. The van der Waals surface area contributed by atoms with E-state index in [0.29, 0.717) is 41.8 Å².